The first-order chi connectivity index (χ1) is 17.0. The second-order valence-corrected chi connectivity index (χ2v) is 8.86. The SMILES string of the molecule is O=C(COc1ccccc1)N[C@@H]1C(=O)N2C(C(=O)O)=C(OCCCC#Cc3ccccc3)CS[C@@H]12. The van der Waals surface area contributed by atoms with Gasteiger partial charge in [0.05, 0.1) is 12.4 Å². The Morgan fingerprint density at radius 2 is 1.80 bits per heavy atom. The maximum atomic E-state index is 12.7. The number of carboxylic acids is 1. The first kappa shape index (κ1) is 24.2. The molecule has 9 heteroatoms. The van der Waals surface area contributed by atoms with Crippen LogP contribution < -0.4 is 10.1 Å². The van der Waals surface area contributed by atoms with Crippen molar-refractivity contribution < 1.29 is 29.0 Å². The van der Waals surface area contributed by atoms with Gasteiger partial charge in [-0.1, -0.05) is 48.2 Å². The topological polar surface area (TPSA) is 105 Å². The van der Waals surface area contributed by atoms with Crippen LogP contribution in [0, 0.1) is 11.8 Å². The quantitative estimate of drug-likeness (QED) is 0.315. The van der Waals surface area contributed by atoms with Crippen LogP contribution in [0.4, 0.5) is 0 Å². The molecule has 4 rings (SSSR count). The summed E-state index contributed by atoms with van der Waals surface area (Å²) in [7, 11) is 0. The molecule has 0 aromatic heterocycles. The average molecular weight is 493 g/mol. The van der Waals surface area contributed by atoms with Crippen LogP contribution in [0.3, 0.4) is 0 Å². The Kier molecular flexibility index (Phi) is 7.95. The zero-order valence-corrected chi connectivity index (χ0v) is 19.6. The van der Waals surface area contributed by atoms with Crippen LogP contribution in [0.1, 0.15) is 18.4 Å². The molecule has 1 saturated heterocycles. The Balaban J connectivity index is 1.28. The van der Waals surface area contributed by atoms with Gasteiger partial charge in [-0.25, -0.2) is 4.79 Å². The third-order valence-corrected chi connectivity index (χ3v) is 6.55. The second-order valence-electron chi connectivity index (χ2n) is 7.75. The number of para-hydroxylation sites is 1. The zero-order valence-electron chi connectivity index (χ0n) is 18.8. The smallest absolute Gasteiger partial charge is 0.356 e. The van der Waals surface area contributed by atoms with E-state index in [1.54, 1.807) is 24.3 Å². The van der Waals surface area contributed by atoms with Gasteiger partial charge in [0, 0.05) is 12.0 Å². The summed E-state index contributed by atoms with van der Waals surface area (Å²) in [4.78, 5) is 38.1. The Morgan fingerprint density at radius 3 is 2.51 bits per heavy atom. The fraction of sp³-hybridized carbons (Fsp3) is 0.269. The molecule has 0 unspecified atom stereocenters. The molecule has 0 saturated carbocycles. The summed E-state index contributed by atoms with van der Waals surface area (Å²) in [6.07, 6.45) is 1.22. The molecule has 180 valence electrons. The Hall–Kier alpha value is -3.90. The van der Waals surface area contributed by atoms with Crippen LogP contribution in [0.5, 0.6) is 5.75 Å². The van der Waals surface area contributed by atoms with Crippen molar-refractivity contribution in [3.63, 3.8) is 0 Å². The molecule has 2 N–H and O–H groups in total. The number of amides is 2. The van der Waals surface area contributed by atoms with E-state index in [4.69, 9.17) is 9.47 Å². The molecule has 2 atom stereocenters. The lowest BCUT2D eigenvalue weighted by Gasteiger charge is -2.49. The summed E-state index contributed by atoms with van der Waals surface area (Å²) < 4.78 is 11.1. The first-order valence-electron chi connectivity index (χ1n) is 11.1. The number of hydrogen-bond acceptors (Lipinski definition) is 6. The highest BCUT2D eigenvalue weighted by atomic mass is 32.2. The van der Waals surface area contributed by atoms with Gasteiger partial charge in [0.1, 0.15) is 22.9 Å². The van der Waals surface area contributed by atoms with Crippen molar-refractivity contribution in [3.05, 3.63) is 77.7 Å². The predicted molar refractivity (Wildman–Crippen MR) is 130 cm³/mol. The number of carbonyl (C=O) groups is 3. The van der Waals surface area contributed by atoms with E-state index < -0.39 is 29.2 Å². The van der Waals surface area contributed by atoms with E-state index in [-0.39, 0.29) is 18.1 Å². The van der Waals surface area contributed by atoms with Crippen LogP contribution in [-0.4, -0.2) is 58.2 Å². The number of ether oxygens (including phenoxy) is 2. The minimum atomic E-state index is -1.24. The van der Waals surface area contributed by atoms with Gasteiger partial charge in [0.2, 0.25) is 0 Å². The van der Waals surface area contributed by atoms with E-state index in [1.165, 1.54) is 16.7 Å². The summed E-state index contributed by atoms with van der Waals surface area (Å²) in [6.45, 7) is 0.0498. The number of β-lactam (4-membered cyclic amide) rings is 1. The molecule has 2 aromatic rings. The number of nitrogens with one attached hydrogen (secondary N) is 1. The minimum Gasteiger partial charge on any atom is -0.495 e. The lowest BCUT2D eigenvalue weighted by Crippen LogP contribution is -2.70. The molecular weight excluding hydrogens is 468 g/mol. The first-order valence-corrected chi connectivity index (χ1v) is 12.1. The third kappa shape index (κ3) is 5.97. The van der Waals surface area contributed by atoms with Gasteiger partial charge in [-0.05, 0) is 30.7 Å². The number of benzene rings is 2. The van der Waals surface area contributed by atoms with Crippen LogP contribution in [0.25, 0.3) is 0 Å². The van der Waals surface area contributed by atoms with Crippen LogP contribution in [0.2, 0.25) is 0 Å². The second kappa shape index (κ2) is 11.5. The molecule has 35 heavy (non-hydrogen) atoms. The van der Waals surface area contributed by atoms with Gasteiger partial charge >= 0.3 is 5.97 Å². The highest BCUT2D eigenvalue weighted by Crippen LogP contribution is 2.40. The fourth-order valence-electron chi connectivity index (χ4n) is 3.62. The van der Waals surface area contributed by atoms with E-state index in [1.807, 2.05) is 36.4 Å². The summed E-state index contributed by atoms with van der Waals surface area (Å²) in [5.74, 6) is 5.04. The molecule has 8 nitrogen and oxygen atoms in total. The lowest BCUT2D eigenvalue weighted by atomic mass is 10.0. The third-order valence-electron chi connectivity index (χ3n) is 5.29. The van der Waals surface area contributed by atoms with Crippen molar-refractivity contribution in [2.24, 2.45) is 0 Å². The Labute approximate surface area is 207 Å². The van der Waals surface area contributed by atoms with E-state index >= 15 is 0 Å². The number of rotatable bonds is 9. The molecule has 0 aliphatic carbocycles. The molecule has 2 heterocycles. The van der Waals surface area contributed by atoms with Crippen molar-refractivity contribution in [2.75, 3.05) is 19.0 Å². The summed E-state index contributed by atoms with van der Waals surface area (Å²) in [6, 6.07) is 17.7. The summed E-state index contributed by atoms with van der Waals surface area (Å²) >= 11 is 1.35. The highest BCUT2D eigenvalue weighted by Gasteiger charge is 2.54. The molecule has 2 aliphatic rings. The van der Waals surface area contributed by atoms with Gasteiger partial charge in [-0.15, -0.1) is 11.8 Å². The summed E-state index contributed by atoms with van der Waals surface area (Å²) in [5, 5.41) is 11.9. The molecule has 2 aromatic carbocycles. The number of hydrogen-bond donors (Lipinski definition) is 2. The minimum absolute atomic E-state index is 0.167. The van der Waals surface area contributed by atoms with Crippen LogP contribution in [-0.2, 0) is 19.1 Å². The van der Waals surface area contributed by atoms with Crippen molar-refractivity contribution in [1.29, 1.82) is 0 Å². The van der Waals surface area contributed by atoms with Gasteiger partial charge in [0.15, 0.2) is 12.3 Å². The summed E-state index contributed by atoms with van der Waals surface area (Å²) in [5.41, 5.74) is 0.767. The molecule has 0 radical (unpaired) electrons. The number of fused-ring (bicyclic) bond motifs is 1. The molecule has 2 aliphatic heterocycles. The van der Waals surface area contributed by atoms with E-state index in [9.17, 15) is 19.5 Å². The number of aliphatic carboxylic acids is 1. The Morgan fingerprint density at radius 1 is 1.09 bits per heavy atom. The molecule has 1 fully saturated rings. The zero-order chi connectivity index (χ0) is 24.6. The predicted octanol–water partition coefficient (Wildman–Crippen LogP) is 2.61. The van der Waals surface area contributed by atoms with Crippen molar-refractivity contribution >= 4 is 29.5 Å². The van der Waals surface area contributed by atoms with Gasteiger partial charge in [-0.3, -0.25) is 14.5 Å². The van der Waals surface area contributed by atoms with Gasteiger partial charge in [-0.2, -0.15) is 0 Å². The molecule has 0 spiro atoms. The maximum Gasteiger partial charge on any atom is 0.356 e. The van der Waals surface area contributed by atoms with E-state index in [0.717, 1.165) is 5.56 Å². The Bertz CT molecular complexity index is 1170. The van der Waals surface area contributed by atoms with Crippen molar-refractivity contribution in [1.82, 2.24) is 10.2 Å². The lowest BCUT2D eigenvalue weighted by molar-refractivity contribution is -0.151. The maximum absolute atomic E-state index is 12.7. The average Bonchev–Trinajstić information content (AvgIpc) is 2.88. The number of unbranched alkanes of at least 4 members (excludes halogenated alkanes) is 1. The monoisotopic (exact) mass is 492 g/mol. The number of thioether (sulfide) groups is 1. The van der Waals surface area contributed by atoms with Crippen LogP contribution in [0.15, 0.2) is 72.1 Å². The van der Waals surface area contributed by atoms with Crippen molar-refractivity contribution in [2.45, 2.75) is 24.3 Å². The molecule has 2 amide bonds. The largest absolute Gasteiger partial charge is 0.495 e. The van der Waals surface area contributed by atoms with Crippen molar-refractivity contribution in [3.8, 4) is 17.6 Å². The molecule has 0 bridgehead atoms. The standard InChI is InChI=1S/C26H24N2O6S/c29-21(16-34-19-13-7-2-8-14-19)27-22-24(30)28-23(26(31)32)20(17-35-25(22)28)33-15-9-3-6-12-18-10-4-1-5-11-18/h1-2,4-5,7-8,10-11,13-14,22,25H,3,9,15-17H2,(H,27,29)(H,31,32)/t22-,25+/m1/s1. The number of nitrogens with zero attached hydrogens (tertiary/aromatic N) is 1. The highest BCUT2D eigenvalue weighted by molar-refractivity contribution is 8.00. The normalized spacial score (nSPS) is 18.5. The van der Waals surface area contributed by atoms with Gasteiger partial charge in [0.25, 0.3) is 11.8 Å². The molecular formula is C26H24N2O6S. The van der Waals surface area contributed by atoms with Gasteiger partial charge < -0.3 is 19.9 Å². The van der Waals surface area contributed by atoms with Crippen LogP contribution >= 0.6 is 11.8 Å². The van der Waals surface area contributed by atoms with E-state index in [2.05, 4.69) is 17.2 Å². The number of carboxylic acid groups (broad SMARTS) is 1. The van der Waals surface area contributed by atoms with E-state index in [0.29, 0.717) is 31.0 Å². The fourth-order valence-corrected chi connectivity index (χ4v) is 4.90. The number of carbonyl (C=O) groups excluding carboxylic acids is 2.